The Morgan fingerprint density at radius 1 is 1.30 bits per heavy atom. The summed E-state index contributed by atoms with van der Waals surface area (Å²) >= 11 is 0. The highest BCUT2D eigenvalue weighted by atomic mass is 35.5. The molecule has 0 radical (unpaired) electrons. The van der Waals surface area contributed by atoms with E-state index in [9.17, 15) is 0 Å². The first-order chi connectivity index (χ1) is 9.02. The fraction of sp³-hybridized carbons (Fsp3) is 0.571. The summed E-state index contributed by atoms with van der Waals surface area (Å²) in [4.78, 5) is 0. The van der Waals surface area contributed by atoms with Gasteiger partial charge in [0.25, 0.3) is 0 Å². The Morgan fingerprint density at radius 2 is 2.00 bits per heavy atom. The minimum absolute atomic E-state index is 0. The van der Waals surface area contributed by atoms with E-state index in [-0.39, 0.29) is 12.4 Å². The normalized spacial score (nSPS) is 10.7. The second-order valence-electron chi connectivity index (χ2n) is 5.13. The summed E-state index contributed by atoms with van der Waals surface area (Å²) in [6, 6.07) is 0.400. The highest BCUT2D eigenvalue weighted by Crippen LogP contribution is 2.16. The quantitative estimate of drug-likeness (QED) is 0.921. The third-order valence-corrected chi connectivity index (χ3v) is 3.42. The van der Waals surface area contributed by atoms with E-state index in [1.165, 1.54) is 11.3 Å². The number of hydrogen-bond donors (Lipinski definition) is 1. The summed E-state index contributed by atoms with van der Waals surface area (Å²) in [6.07, 6.45) is 4.01. The molecule has 2 aromatic heterocycles. The van der Waals surface area contributed by atoms with Gasteiger partial charge in [0, 0.05) is 30.9 Å². The van der Waals surface area contributed by atoms with Crippen LogP contribution in [0, 0.1) is 13.8 Å². The molecular formula is C14H24ClN5. The van der Waals surface area contributed by atoms with Gasteiger partial charge in [0.2, 0.25) is 0 Å². The van der Waals surface area contributed by atoms with E-state index < -0.39 is 0 Å². The Bertz CT molecular complexity index is 556. The average Bonchev–Trinajstić information content (AvgIpc) is 2.91. The van der Waals surface area contributed by atoms with Crippen LogP contribution in [0.5, 0.6) is 0 Å². The zero-order chi connectivity index (χ0) is 14.0. The zero-order valence-electron chi connectivity index (χ0n) is 12.8. The smallest absolute Gasteiger partial charge is 0.0758 e. The molecule has 0 spiro atoms. The fourth-order valence-electron chi connectivity index (χ4n) is 2.09. The van der Waals surface area contributed by atoms with Gasteiger partial charge in [-0.3, -0.25) is 9.36 Å². The van der Waals surface area contributed by atoms with Gasteiger partial charge in [0.1, 0.15) is 0 Å². The van der Waals surface area contributed by atoms with Crippen LogP contribution in [-0.2, 0) is 13.1 Å². The van der Waals surface area contributed by atoms with Crippen LogP contribution < -0.4 is 5.32 Å². The molecule has 0 aromatic carbocycles. The molecule has 0 saturated heterocycles. The van der Waals surface area contributed by atoms with E-state index in [0.717, 1.165) is 24.5 Å². The fourth-order valence-corrected chi connectivity index (χ4v) is 2.09. The van der Waals surface area contributed by atoms with Gasteiger partial charge in [-0.25, -0.2) is 0 Å². The minimum Gasteiger partial charge on any atom is -0.378 e. The van der Waals surface area contributed by atoms with Gasteiger partial charge in [-0.1, -0.05) is 0 Å². The first-order valence-electron chi connectivity index (χ1n) is 6.83. The first kappa shape index (κ1) is 16.6. The van der Waals surface area contributed by atoms with Crippen molar-refractivity contribution in [2.24, 2.45) is 0 Å². The molecule has 2 rings (SSSR count). The van der Waals surface area contributed by atoms with Crippen molar-refractivity contribution in [3.05, 3.63) is 29.3 Å². The van der Waals surface area contributed by atoms with Gasteiger partial charge in [-0.15, -0.1) is 12.4 Å². The van der Waals surface area contributed by atoms with Crippen LogP contribution in [0.15, 0.2) is 12.4 Å². The molecule has 2 aromatic rings. The molecule has 0 unspecified atom stereocenters. The zero-order valence-corrected chi connectivity index (χ0v) is 13.7. The Hall–Kier alpha value is -1.49. The highest BCUT2D eigenvalue weighted by molar-refractivity contribution is 5.85. The molecule has 0 aliphatic rings. The van der Waals surface area contributed by atoms with Crippen LogP contribution in [0.25, 0.3) is 0 Å². The number of halogens is 1. The van der Waals surface area contributed by atoms with E-state index in [4.69, 9.17) is 0 Å². The lowest BCUT2D eigenvalue weighted by Gasteiger charge is -2.05. The monoisotopic (exact) mass is 297 g/mol. The summed E-state index contributed by atoms with van der Waals surface area (Å²) < 4.78 is 4.00. The van der Waals surface area contributed by atoms with Crippen LogP contribution in [0.3, 0.4) is 0 Å². The largest absolute Gasteiger partial charge is 0.378 e. The molecule has 0 atom stereocenters. The molecule has 0 saturated carbocycles. The maximum absolute atomic E-state index is 4.52. The van der Waals surface area contributed by atoms with Gasteiger partial charge < -0.3 is 5.32 Å². The Kier molecular flexibility index (Phi) is 5.62. The Morgan fingerprint density at radius 3 is 2.50 bits per heavy atom. The van der Waals surface area contributed by atoms with E-state index in [1.54, 1.807) is 0 Å². The van der Waals surface area contributed by atoms with Crippen molar-refractivity contribution in [1.29, 1.82) is 0 Å². The summed E-state index contributed by atoms with van der Waals surface area (Å²) in [6.45, 7) is 12.2. The maximum Gasteiger partial charge on any atom is 0.0758 e. The minimum atomic E-state index is 0. The predicted octanol–water partition coefficient (Wildman–Crippen LogP) is 3.33. The van der Waals surface area contributed by atoms with Crippen molar-refractivity contribution >= 4 is 18.1 Å². The van der Waals surface area contributed by atoms with E-state index in [2.05, 4.69) is 56.3 Å². The molecule has 0 amide bonds. The van der Waals surface area contributed by atoms with Crippen LogP contribution in [0.1, 0.15) is 43.8 Å². The summed E-state index contributed by atoms with van der Waals surface area (Å²) in [7, 11) is 0. The molecule has 0 fully saturated rings. The average molecular weight is 298 g/mol. The lowest BCUT2D eigenvalue weighted by atomic mass is 10.2. The number of aromatic nitrogens is 4. The second-order valence-corrected chi connectivity index (χ2v) is 5.13. The van der Waals surface area contributed by atoms with Crippen LogP contribution >= 0.6 is 12.4 Å². The first-order valence-corrected chi connectivity index (χ1v) is 6.83. The summed E-state index contributed by atoms with van der Waals surface area (Å²) in [5.41, 5.74) is 4.59. The van der Waals surface area contributed by atoms with E-state index >= 15 is 0 Å². The standard InChI is InChI=1S/C14H23N5.ClH/c1-6-18-12(5)14(8-16-18)15-7-13-9-19(10(2)3)17-11(13)4;/h8-10,15H,6-7H2,1-5H3;1H. The lowest BCUT2D eigenvalue weighted by molar-refractivity contribution is 0.529. The van der Waals surface area contributed by atoms with Crippen molar-refractivity contribution in [2.45, 2.75) is 53.8 Å². The summed E-state index contributed by atoms with van der Waals surface area (Å²) in [5.74, 6) is 0. The lowest BCUT2D eigenvalue weighted by Crippen LogP contribution is -2.03. The van der Waals surface area contributed by atoms with Crippen LogP contribution in [0.2, 0.25) is 0 Å². The van der Waals surface area contributed by atoms with Crippen molar-refractivity contribution in [3.63, 3.8) is 0 Å². The third kappa shape index (κ3) is 3.33. The van der Waals surface area contributed by atoms with Gasteiger partial charge in [0.15, 0.2) is 0 Å². The van der Waals surface area contributed by atoms with Gasteiger partial charge in [-0.2, -0.15) is 10.2 Å². The SMILES string of the molecule is CCn1ncc(NCc2cn(C(C)C)nc2C)c1C.Cl. The van der Waals surface area contributed by atoms with Crippen molar-refractivity contribution in [2.75, 3.05) is 5.32 Å². The molecule has 5 nitrogen and oxygen atoms in total. The topological polar surface area (TPSA) is 47.7 Å². The number of nitrogens with one attached hydrogen (secondary N) is 1. The second kappa shape index (κ2) is 6.79. The number of anilines is 1. The molecule has 0 bridgehead atoms. The van der Waals surface area contributed by atoms with E-state index in [1.807, 2.05) is 15.6 Å². The number of rotatable bonds is 5. The third-order valence-electron chi connectivity index (χ3n) is 3.42. The Labute approximate surface area is 126 Å². The van der Waals surface area contributed by atoms with Gasteiger partial charge in [-0.05, 0) is 34.6 Å². The van der Waals surface area contributed by atoms with Crippen molar-refractivity contribution < 1.29 is 0 Å². The van der Waals surface area contributed by atoms with E-state index in [0.29, 0.717) is 6.04 Å². The number of nitrogens with zero attached hydrogens (tertiary/aromatic N) is 4. The molecule has 6 heteroatoms. The van der Waals surface area contributed by atoms with Crippen molar-refractivity contribution in [3.8, 4) is 0 Å². The number of hydrogen-bond acceptors (Lipinski definition) is 3. The van der Waals surface area contributed by atoms with Crippen LogP contribution in [0.4, 0.5) is 5.69 Å². The molecule has 112 valence electrons. The number of aryl methyl sites for hydroxylation is 2. The molecular weight excluding hydrogens is 274 g/mol. The predicted molar refractivity (Wildman–Crippen MR) is 84.6 cm³/mol. The summed E-state index contributed by atoms with van der Waals surface area (Å²) in [5, 5.41) is 12.3. The molecule has 0 aliphatic carbocycles. The molecule has 0 aliphatic heterocycles. The molecule has 1 N–H and O–H groups in total. The highest BCUT2D eigenvalue weighted by Gasteiger charge is 2.09. The molecule has 2 heterocycles. The van der Waals surface area contributed by atoms with Crippen LogP contribution in [-0.4, -0.2) is 19.6 Å². The molecule has 20 heavy (non-hydrogen) atoms. The van der Waals surface area contributed by atoms with Gasteiger partial charge >= 0.3 is 0 Å². The van der Waals surface area contributed by atoms with Gasteiger partial charge in [0.05, 0.1) is 23.3 Å². The van der Waals surface area contributed by atoms with Crippen molar-refractivity contribution in [1.82, 2.24) is 19.6 Å². The Balaban J connectivity index is 0.00000200. The maximum atomic E-state index is 4.52.